The van der Waals surface area contributed by atoms with E-state index in [4.69, 9.17) is 4.84 Å². The number of alkyl halides is 6. The summed E-state index contributed by atoms with van der Waals surface area (Å²) < 4.78 is 76.8. The van der Waals surface area contributed by atoms with Crippen LogP contribution in [0.15, 0.2) is 47.6 Å². The number of hydrogen-bond acceptors (Lipinski definition) is 2. The first-order valence-corrected chi connectivity index (χ1v) is 7.49. The maximum absolute atomic E-state index is 13.1. The minimum Gasteiger partial charge on any atom is -0.391 e. The van der Waals surface area contributed by atoms with E-state index in [0.717, 1.165) is 18.2 Å². The Hall–Kier alpha value is -2.51. The normalized spacial score (nSPS) is 13.0. The molecule has 0 atom stereocenters. The Morgan fingerprint density at radius 3 is 2.08 bits per heavy atom. The van der Waals surface area contributed by atoms with Crippen molar-refractivity contribution >= 4 is 5.71 Å². The molecule has 0 aliphatic rings. The molecule has 2 aromatic rings. The Bertz CT molecular complexity index is 791. The molecule has 0 saturated carbocycles. The zero-order chi connectivity index (χ0) is 19.5. The summed E-state index contributed by atoms with van der Waals surface area (Å²) in [5, 5.41) is 3.66. The third-order valence-electron chi connectivity index (χ3n) is 3.58. The molecule has 0 spiro atoms. The molecular formula is C18H15F6NO. The summed E-state index contributed by atoms with van der Waals surface area (Å²) in [5.41, 5.74) is -0.846. The fourth-order valence-corrected chi connectivity index (χ4v) is 2.25. The zero-order valence-electron chi connectivity index (χ0n) is 13.9. The summed E-state index contributed by atoms with van der Waals surface area (Å²) >= 11 is 0. The Morgan fingerprint density at radius 2 is 1.54 bits per heavy atom. The molecular weight excluding hydrogens is 360 g/mol. The van der Waals surface area contributed by atoms with E-state index in [1.54, 1.807) is 6.92 Å². The summed E-state index contributed by atoms with van der Waals surface area (Å²) in [5.74, 6) is 0. The third-order valence-corrected chi connectivity index (χ3v) is 3.58. The molecule has 0 N–H and O–H groups in total. The van der Waals surface area contributed by atoms with Gasteiger partial charge in [0.2, 0.25) is 0 Å². The van der Waals surface area contributed by atoms with Gasteiger partial charge in [-0.3, -0.25) is 0 Å². The lowest BCUT2D eigenvalue weighted by Gasteiger charge is -2.13. The van der Waals surface area contributed by atoms with Crippen molar-refractivity contribution in [2.75, 3.05) is 0 Å². The van der Waals surface area contributed by atoms with Crippen molar-refractivity contribution < 1.29 is 31.2 Å². The van der Waals surface area contributed by atoms with Crippen LogP contribution in [0.5, 0.6) is 0 Å². The fourth-order valence-electron chi connectivity index (χ4n) is 2.25. The third kappa shape index (κ3) is 5.00. The van der Waals surface area contributed by atoms with E-state index in [-0.39, 0.29) is 17.9 Å². The topological polar surface area (TPSA) is 21.6 Å². The molecule has 0 fully saturated rings. The van der Waals surface area contributed by atoms with Crippen LogP contribution in [0.1, 0.15) is 34.7 Å². The van der Waals surface area contributed by atoms with Crippen molar-refractivity contribution in [3.8, 4) is 0 Å². The Balaban J connectivity index is 2.12. The number of benzene rings is 2. The van der Waals surface area contributed by atoms with Gasteiger partial charge in [-0.15, -0.1) is 0 Å². The quantitative estimate of drug-likeness (QED) is 0.366. The molecule has 26 heavy (non-hydrogen) atoms. The monoisotopic (exact) mass is 375 g/mol. The fraction of sp³-hybridized carbons (Fsp3) is 0.278. The average molecular weight is 375 g/mol. The lowest BCUT2D eigenvalue weighted by Crippen LogP contribution is -2.12. The molecule has 0 amide bonds. The van der Waals surface area contributed by atoms with Crippen molar-refractivity contribution in [2.45, 2.75) is 32.8 Å². The van der Waals surface area contributed by atoms with Gasteiger partial charge < -0.3 is 4.84 Å². The number of hydrogen-bond donors (Lipinski definition) is 0. The molecule has 0 unspecified atom stereocenters. The van der Waals surface area contributed by atoms with E-state index in [0.29, 0.717) is 11.1 Å². The van der Waals surface area contributed by atoms with E-state index in [9.17, 15) is 26.3 Å². The van der Waals surface area contributed by atoms with E-state index in [1.807, 2.05) is 0 Å². The van der Waals surface area contributed by atoms with E-state index >= 15 is 0 Å². The van der Waals surface area contributed by atoms with Crippen molar-refractivity contribution in [1.82, 2.24) is 0 Å². The van der Waals surface area contributed by atoms with Crippen LogP contribution in [-0.2, 0) is 23.8 Å². The highest BCUT2D eigenvalue weighted by Gasteiger charge is 2.34. The summed E-state index contributed by atoms with van der Waals surface area (Å²) in [6.45, 7) is 2.75. The lowest BCUT2D eigenvalue weighted by atomic mass is 10.0. The van der Waals surface area contributed by atoms with Crippen LogP contribution in [0.25, 0.3) is 0 Å². The van der Waals surface area contributed by atoms with Gasteiger partial charge in [0.05, 0.1) is 16.8 Å². The predicted octanol–water partition coefficient (Wildman–Crippen LogP) is 5.97. The van der Waals surface area contributed by atoms with E-state index in [1.165, 1.54) is 31.2 Å². The molecule has 0 bridgehead atoms. The number of halogens is 6. The van der Waals surface area contributed by atoms with E-state index < -0.39 is 23.5 Å². The predicted molar refractivity (Wildman–Crippen MR) is 84.6 cm³/mol. The largest absolute Gasteiger partial charge is 0.417 e. The maximum Gasteiger partial charge on any atom is 0.417 e. The summed E-state index contributed by atoms with van der Waals surface area (Å²) in [4.78, 5) is 5.00. The Labute approximate surface area is 146 Å². The summed E-state index contributed by atoms with van der Waals surface area (Å²) in [7, 11) is 0. The van der Waals surface area contributed by atoms with Crippen LogP contribution in [0.2, 0.25) is 0 Å². The highest BCUT2D eigenvalue weighted by atomic mass is 19.4. The highest BCUT2D eigenvalue weighted by molar-refractivity contribution is 5.99. The number of rotatable bonds is 4. The molecule has 2 aromatic carbocycles. The van der Waals surface area contributed by atoms with Crippen LogP contribution in [0, 0.1) is 6.92 Å². The highest BCUT2D eigenvalue weighted by Crippen LogP contribution is 2.33. The smallest absolute Gasteiger partial charge is 0.391 e. The van der Waals surface area contributed by atoms with Gasteiger partial charge >= 0.3 is 12.4 Å². The molecule has 0 heterocycles. The Kier molecular flexibility index (Phi) is 5.63. The van der Waals surface area contributed by atoms with Crippen molar-refractivity contribution in [1.29, 1.82) is 0 Å². The minimum atomic E-state index is -4.54. The first kappa shape index (κ1) is 19.8. The van der Waals surface area contributed by atoms with Gasteiger partial charge in [-0.1, -0.05) is 35.0 Å². The van der Waals surface area contributed by atoms with Crippen molar-refractivity contribution in [3.63, 3.8) is 0 Å². The number of oxime groups is 1. The van der Waals surface area contributed by atoms with Gasteiger partial charge in [0.15, 0.2) is 0 Å². The molecule has 2 rings (SSSR count). The second kappa shape index (κ2) is 7.39. The molecule has 0 aliphatic carbocycles. The van der Waals surface area contributed by atoms with Gasteiger partial charge in [0, 0.05) is 5.56 Å². The van der Waals surface area contributed by atoms with Gasteiger partial charge in [-0.05, 0) is 37.6 Å². The molecule has 0 radical (unpaired) electrons. The molecule has 2 nitrogen and oxygen atoms in total. The van der Waals surface area contributed by atoms with Crippen LogP contribution >= 0.6 is 0 Å². The van der Waals surface area contributed by atoms with Gasteiger partial charge in [0.1, 0.15) is 6.61 Å². The summed E-state index contributed by atoms with van der Waals surface area (Å²) in [6.07, 6.45) is -8.97. The molecule has 0 saturated heterocycles. The second-order valence-electron chi connectivity index (χ2n) is 5.69. The maximum atomic E-state index is 13.1. The van der Waals surface area contributed by atoms with Crippen molar-refractivity contribution in [2.24, 2.45) is 5.16 Å². The second-order valence-corrected chi connectivity index (χ2v) is 5.69. The number of nitrogens with zero attached hydrogens (tertiary/aromatic N) is 1. The van der Waals surface area contributed by atoms with Gasteiger partial charge in [-0.2, -0.15) is 26.3 Å². The van der Waals surface area contributed by atoms with Gasteiger partial charge in [0.25, 0.3) is 0 Å². The first-order chi connectivity index (χ1) is 12.0. The standard InChI is InChI=1S/C18H15F6NO/c1-11-3-8-15(16(9-11)18(22,23)24)12(2)25-26-10-13-4-6-14(7-5-13)17(19,20)21/h3-9H,10H2,1-2H3/b25-12-. The first-order valence-electron chi connectivity index (χ1n) is 7.49. The molecule has 0 aromatic heterocycles. The molecule has 0 aliphatic heterocycles. The van der Waals surface area contributed by atoms with Gasteiger partial charge in [-0.25, -0.2) is 0 Å². The SMILES string of the molecule is C/C(=N/OCc1ccc(C(F)(F)F)cc1)c1ccc(C)cc1C(F)(F)F. The minimum absolute atomic E-state index is 0.0178. The van der Waals surface area contributed by atoms with Crippen LogP contribution in [-0.4, -0.2) is 5.71 Å². The van der Waals surface area contributed by atoms with Crippen molar-refractivity contribution in [3.05, 3.63) is 70.3 Å². The van der Waals surface area contributed by atoms with Crippen LogP contribution in [0.3, 0.4) is 0 Å². The zero-order valence-corrected chi connectivity index (χ0v) is 13.9. The Morgan fingerprint density at radius 1 is 0.923 bits per heavy atom. The van der Waals surface area contributed by atoms with Crippen LogP contribution < -0.4 is 0 Å². The average Bonchev–Trinajstić information content (AvgIpc) is 2.53. The molecule has 8 heteroatoms. The molecule has 140 valence electrons. The summed E-state index contributed by atoms with van der Waals surface area (Å²) in [6, 6.07) is 8.09. The van der Waals surface area contributed by atoms with Crippen LogP contribution in [0.4, 0.5) is 26.3 Å². The van der Waals surface area contributed by atoms with E-state index in [2.05, 4.69) is 5.16 Å². The lowest BCUT2D eigenvalue weighted by molar-refractivity contribution is -0.138. The number of aryl methyl sites for hydroxylation is 1.